The van der Waals surface area contributed by atoms with Gasteiger partial charge in [-0.1, -0.05) is 65.0 Å². The first-order valence-electron chi connectivity index (χ1n) is 14.9. The van der Waals surface area contributed by atoms with E-state index >= 15 is 0 Å². The lowest BCUT2D eigenvalue weighted by Crippen LogP contribution is -2.42. The fourth-order valence-electron chi connectivity index (χ4n) is 5.94. The molecule has 9 nitrogen and oxygen atoms in total. The van der Waals surface area contributed by atoms with E-state index in [0.29, 0.717) is 4.47 Å². The minimum atomic E-state index is -1.26. The van der Waals surface area contributed by atoms with Gasteiger partial charge in [0, 0.05) is 27.5 Å². The van der Waals surface area contributed by atoms with Crippen LogP contribution in [0.1, 0.15) is 49.1 Å². The van der Waals surface area contributed by atoms with Crippen molar-refractivity contribution in [2.45, 2.75) is 56.7 Å². The molecule has 1 aromatic heterocycles. The summed E-state index contributed by atoms with van der Waals surface area (Å²) < 4.78 is 21.6. The first-order chi connectivity index (χ1) is 21.8. The summed E-state index contributed by atoms with van der Waals surface area (Å²) in [5.41, 5.74) is -0.606. The van der Waals surface area contributed by atoms with Crippen molar-refractivity contribution < 1.29 is 24.1 Å². The number of carboxylic acids is 1. The molecule has 0 saturated heterocycles. The monoisotopic (exact) mass is 753 g/mol. The molecule has 1 heterocycles. The number of methoxy groups -OCH3 is 1. The minimum absolute atomic E-state index is 0. The van der Waals surface area contributed by atoms with E-state index in [2.05, 4.69) is 47.1 Å². The standard InChI is InChI=1S/C17H11BrClFN2O4.C17H27NO2.ClH/c18-10-2-1-9(13(20)5-10)7-22-16(25)12-4-3-11(19)6-14(12)21(17(22)26)8-15(23)24;1-18(2)13-16(17(19)11-5-4-6-12-17)14-7-9-15(20-3)10-8-14;/h1-6H,7-8H2,(H,23,24);7-10,16,19H,4-6,11-13H2,1-3H3;1H. The van der Waals surface area contributed by atoms with Crippen molar-refractivity contribution >= 4 is 56.8 Å². The molecule has 2 N–H and O–H groups in total. The van der Waals surface area contributed by atoms with Gasteiger partial charge in [-0.15, -0.1) is 12.4 Å². The Hall–Kier alpha value is -3.22. The predicted molar refractivity (Wildman–Crippen MR) is 188 cm³/mol. The number of aromatic nitrogens is 2. The fourth-order valence-corrected chi connectivity index (χ4v) is 6.44. The van der Waals surface area contributed by atoms with Crippen molar-refractivity contribution in [2.24, 2.45) is 0 Å². The van der Waals surface area contributed by atoms with Gasteiger partial charge in [-0.05, 0) is 75.0 Å². The van der Waals surface area contributed by atoms with Crippen LogP contribution in [0.15, 0.2) is 74.7 Å². The summed E-state index contributed by atoms with van der Waals surface area (Å²) in [6.45, 7) is -0.101. The highest BCUT2D eigenvalue weighted by molar-refractivity contribution is 9.10. The van der Waals surface area contributed by atoms with Gasteiger partial charge in [0.2, 0.25) is 0 Å². The van der Waals surface area contributed by atoms with Gasteiger partial charge in [-0.2, -0.15) is 0 Å². The number of ether oxygens (including phenoxy) is 1. The topological polar surface area (TPSA) is 114 Å². The smallest absolute Gasteiger partial charge is 0.332 e. The maximum Gasteiger partial charge on any atom is 0.332 e. The largest absolute Gasteiger partial charge is 0.497 e. The molecule has 0 aliphatic heterocycles. The summed E-state index contributed by atoms with van der Waals surface area (Å²) in [6, 6.07) is 16.6. The van der Waals surface area contributed by atoms with E-state index in [4.69, 9.17) is 21.4 Å². The Morgan fingerprint density at radius 1 is 1.04 bits per heavy atom. The molecular formula is C34H39BrCl2FN3O6. The summed E-state index contributed by atoms with van der Waals surface area (Å²) in [5.74, 6) is -0.809. The maximum atomic E-state index is 14.1. The lowest BCUT2D eigenvalue weighted by Gasteiger charge is -2.40. The van der Waals surface area contributed by atoms with Crippen LogP contribution in [0, 0.1) is 5.82 Å². The zero-order chi connectivity index (χ0) is 33.6. The number of likely N-dealkylation sites (N-methyl/N-ethyl adjacent to an activating group) is 1. The average Bonchev–Trinajstić information content (AvgIpc) is 3.01. The number of fused-ring (bicyclic) bond motifs is 1. The molecule has 3 aromatic carbocycles. The summed E-state index contributed by atoms with van der Waals surface area (Å²) in [7, 11) is 5.83. The number of aliphatic hydroxyl groups is 1. The van der Waals surface area contributed by atoms with E-state index in [1.54, 1.807) is 13.2 Å². The Kier molecular flexibility index (Phi) is 13.6. The minimum Gasteiger partial charge on any atom is -0.497 e. The highest BCUT2D eigenvalue weighted by Gasteiger charge is 2.38. The summed E-state index contributed by atoms with van der Waals surface area (Å²) >= 11 is 9.05. The summed E-state index contributed by atoms with van der Waals surface area (Å²) in [5, 5.41) is 20.6. The molecule has 5 rings (SSSR count). The molecule has 47 heavy (non-hydrogen) atoms. The van der Waals surface area contributed by atoms with E-state index in [1.807, 2.05) is 12.1 Å². The first-order valence-corrected chi connectivity index (χ1v) is 16.1. The van der Waals surface area contributed by atoms with Crippen molar-refractivity contribution in [2.75, 3.05) is 27.7 Å². The van der Waals surface area contributed by atoms with Crippen LogP contribution in [0.2, 0.25) is 5.02 Å². The predicted octanol–water partition coefficient (Wildman–Crippen LogP) is 6.31. The number of halogens is 4. The summed E-state index contributed by atoms with van der Waals surface area (Å²) in [6.07, 6.45) is 5.35. The Balaban J connectivity index is 0.000000259. The second-order valence-electron chi connectivity index (χ2n) is 11.8. The fraction of sp³-hybridized carbons (Fsp3) is 0.382. The second-order valence-corrected chi connectivity index (χ2v) is 13.2. The van der Waals surface area contributed by atoms with Gasteiger partial charge in [0.25, 0.3) is 5.56 Å². The normalized spacial score (nSPS) is 14.6. The van der Waals surface area contributed by atoms with Crippen LogP contribution in [0.25, 0.3) is 10.9 Å². The van der Waals surface area contributed by atoms with E-state index in [0.717, 1.165) is 47.1 Å². The van der Waals surface area contributed by atoms with Crippen molar-refractivity contribution in [3.8, 4) is 5.75 Å². The first kappa shape index (κ1) is 38.2. The lowest BCUT2D eigenvalue weighted by molar-refractivity contribution is -0.137. The molecule has 1 atom stereocenters. The second kappa shape index (κ2) is 16.7. The zero-order valence-corrected chi connectivity index (χ0v) is 29.6. The van der Waals surface area contributed by atoms with Crippen molar-refractivity contribution in [3.05, 3.63) is 108 Å². The zero-order valence-electron chi connectivity index (χ0n) is 26.4. The van der Waals surface area contributed by atoms with Crippen LogP contribution in [-0.2, 0) is 17.9 Å². The van der Waals surface area contributed by atoms with Gasteiger partial charge in [0.1, 0.15) is 18.1 Å². The quantitative estimate of drug-likeness (QED) is 0.206. The van der Waals surface area contributed by atoms with E-state index in [-0.39, 0.29) is 46.4 Å². The third-order valence-corrected chi connectivity index (χ3v) is 8.99. The van der Waals surface area contributed by atoms with Crippen molar-refractivity contribution in [1.29, 1.82) is 0 Å². The van der Waals surface area contributed by atoms with Gasteiger partial charge in [0.05, 0.1) is 30.2 Å². The molecule has 1 aliphatic carbocycles. The Morgan fingerprint density at radius 2 is 1.70 bits per heavy atom. The van der Waals surface area contributed by atoms with Crippen LogP contribution >= 0.6 is 39.9 Å². The SMILES string of the molecule is COc1ccc(C(CN(C)C)C2(O)CCCCC2)cc1.Cl.O=C(O)Cn1c(=O)n(Cc2ccc(Br)cc2F)c(=O)c2ccc(Cl)cc21. The molecule has 0 bridgehead atoms. The maximum absolute atomic E-state index is 14.1. The average molecular weight is 756 g/mol. The van der Waals surface area contributed by atoms with E-state index < -0.39 is 35.2 Å². The van der Waals surface area contributed by atoms with Crippen LogP contribution in [0.3, 0.4) is 0 Å². The number of aliphatic carboxylic acids is 1. The third kappa shape index (κ3) is 9.45. The molecule has 254 valence electrons. The van der Waals surface area contributed by atoms with Crippen LogP contribution in [0.5, 0.6) is 5.75 Å². The number of rotatable bonds is 9. The number of hydrogen-bond donors (Lipinski definition) is 2. The molecule has 1 unspecified atom stereocenters. The van der Waals surface area contributed by atoms with Crippen molar-refractivity contribution in [1.82, 2.24) is 14.0 Å². The molecule has 0 spiro atoms. The van der Waals surface area contributed by atoms with E-state index in [9.17, 15) is 23.9 Å². The van der Waals surface area contributed by atoms with Gasteiger partial charge in [0.15, 0.2) is 0 Å². The number of benzene rings is 3. The molecule has 4 aromatic rings. The highest BCUT2D eigenvalue weighted by Crippen LogP contribution is 2.40. The van der Waals surface area contributed by atoms with Gasteiger partial charge in [-0.25, -0.2) is 9.18 Å². The highest BCUT2D eigenvalue weighted by atomic mass is 79.9. The molecule has 1 saturated carbocycles. The number of carbonyl (C=O) groups is 1. The Morgan fingerprint density at radius 3 is 2.28 bits per heavy atom. The van der Waals surface area contributed by atoms with Crippen LogP contribution in [-0.4, -0.2) is 63.6 Å². The molecule has 1 aliphatic rings. The summed E-state index contributed by atoms with van der Waals surface area (Å²) in [4.78, 5) is 38.7. The van der Waals surface area contributed by atoms with Crippen LogP contribution < -0.4 is 16.0 Å². The Bertz CT molecular complexity index is 1810. The van der Waals surface area contributed by atoms with Gasteiger partial charge >= 0.3 is 11.7 Å². The molecular weight excluding hydrogens is 716 g/mol. The number of carboxylic acid groups (broad SMARTS) is 1. The molecule has 0 radical (unpaired) electrons. The van der Waals surface area contributed by atoms with Gasteiger partial charge < -0.3 is 19.8 Å². The molecule has 13 heteroatoms. The van der Waals surface area contributed by atoms with Gasteiger partial charge in [-0.3, -0.25) is 18.7 Å². The third-order valence-electron chi connectivity index (χ3n) is 8.26. The molecule has 0 amide bonds. The number of hydrogen-bond acceptors (Lipinski definition) is 6. The van der Waals surface area contributed by atoms with Crippen molar-refractivity contribution in [3.63, 3.8) is 0 Å². The lowest BCUT2D eigenvalue weighted by atomic mass is 9.72. The Labute approximate surface area is 292 Å². The van der Waals surface area contributed by atoms with E-state index in [1.165, 1.54) is 42.3 Å². The molecule has 1 fully saturated rings. The number of nitrogens with zero attached hydrogens (tertiary/aromatic N) is 3. The van der Waals surface area contributed by atoms with Crippen LogP contribution in [0.4, 0.5) is 4.39 Å².